The monoisotopic (exact) mass is 376 g/mol. The molecule has 148 valence electrons. The third kappa shape index (κ3) is 3.14. The number of nitrogens with zero attached hydrogens (tertiary/aromatic N) is 2. The Balaban J connectivity index is 1.41. The van der Waals surface area contributed by atoms with Crippen LogP contribution in [-0.2, 0) is 6.42 Å². The Morgan fingerprint density at radius 2 is 2.07 bits per heavy atom. The number of hydrogen-bond acceptors (Lipinski definition) is 2. The summed E-state index contributed by atoms with van der Waals surface area (Å²) in [6, 6.07) is 2.83. The Morgan fingerprint density at radius 3 is 3.00 bits per heavy atom. The Bertz CT molecular complexity index is 907. The fourth-order valence-corrected chi connectivity index (χ4v) is 5.95. The summed E-state index contributed by atoms with van der Waals surface area (Å²) in [5.41, 5.74) is 5.85. The van der Waals surface area contributed by atoms with Crippen molar-refractivity contribution in [1.29, 1.82) is 0 Å². The second-order valence-corrected chi connectivity index (χ2v) is 8.98. The van der Waals surface area contributed by atoms with Crippen LogP contribution in [-0.4, -0.2) is 21.3 Å². The van der Waals surface area contributed by atoms with Crippen LogP contribution in [0.15, 0.2) is 36.7 Å². The number of aliphatic hydroxyl groups is 1. The fraction of sp³-hybridized carbons (Fsp3) is 0.560. The Kier molecular flexibility index (Phi) is 5.11. The molecule has 0 spiro atoms. The molecule has 0 amide bonds. The first-order valence-electron chi connectivity index (χ1n) is 11.3. The molecule has 3 unspecified atom stereocenters. The van der Waals surface area contributed by atoms with Gasteiger partial charge in [0.15, 0.2) is 0 Å². The van der Waals surface area contributed by atoms with Gasteiger partial charge in [0.1, 0.15) is 0 Å². The van der Waals surface area contributed by atoms with E-state index in [1.807, 2.05) is 6.20 Å². The van der Waals surface area contributed by atoms with Crippen molar-refractivity contribution < 1.29 is 5.11 Å². The van der Waals surface area contributed by atoms with Gasteiger partial charge in [0, 0.05) is 30.4 Å². The van der Waals surface area contributed by atoms with Gasteiger partial charge in [-0.1, -0.05) is 43.9 Å². The second-order valence-electron chi connectivity index (χ2n) is 8.98. The molecule has 1 saturated carbocycles. The third-order valence-electron chi connectivity index (χ3n) is 7.29. The quantitative estimate of drug-likeness (QED) is 0.644. The van der Waals surface area contributed by atoms with E-state index >= 15 is 0 Å². The molecule has 5 rings (SSSR count). The van der Waals surface area contributed by atoms with Gasteiger partial charge in [-0.15, -0.1) is 0 Å². The molecule has 3 heterocycles. The molecule has 3 nitrogen and oxygen atoms in total. The van der Waals surface area contributed by atoms with Crippen molar-refractivity contribution in [2.45, 2.75) is 70.3 Å². The lowest BCUT2D eigenvalue weighted by Gasteiger charge is -2.36. The summed E-state index contributed by atoms with van der Waals surface area (Å²) in [5, 5.41) is 10.3. The normalized spacial score (nSPS) is 25.9. The molecule has 28 heavy (non-hydrogen) atoms. The maximum atomic E-state index is 8.96. The summed E-state index contributed by atoms with van der Waals surface area (Å²) in [7, 11) is 0. The topological polar surface area (TPSA) is 38.0 Å². The molecule has 1 fully saturated rings. The lowest BCUT2D eigenvalue weighted by atomic mass is 9.76. The van der Waals surface area contributed by atoms with Crippen LogP contribution in [0.2, 0.25) is 0 Å². The smallest absolute Gasteiger partial charge is 0.0524 e. The van der Waals surface area contributed by atoms with Crippen molar-refractivity contribution in [3.05, 3.63) is 47.9 Å². The van der Waals surface area contributed by atoms with Crippen LogP contribution in [0.3, 0.4) is 0 Å². The zero-order valence-electron chi connectivity index (χ0n) is 16.8. The summed E-state index contributed by atoms with van der Waals surface area (Å²) in [6.07, 6.45) is 23.8. The van der Waals surface area contributed by atoms with Gasteiger partial charge in [0.05, 0.1) is 11.2 Å². The van der Waals surface area contributed by atoms with E-state index in [1.54, 1.807) is 0 Å². The van der Waals surface area contributed by atoms with Crippen LogP contribution in [0.5, 0.6) is 0 Å². The molecule has 3 heteroatoms. The van der Waals surface area contributed by atoms with Crippen molar-refractivity contribution in [2.75, 3.05) is 6.61 Å². The first-order chi connectivity index (χ1) is 13.9. The molecule has 3 aliphatic rings. The van der Waals surface area contributed by atoms with Crippen LogP contribution in [0.1, 0.15) is 75.1 Å². The van der Waals surface area contributed by atoms with Crippen molar-refractivity contribution >= 4 is 16.5 Å². The van der Waals surface area contributed by atoms with E-state index in [2.05, 4.69) is 40.0 Å². The van der Waals surface area contributed by atoms with E-state index in [0.717, 1.165) is 25.2 Å². The highest BCUT2D eigenvalue weighted by molar-refractivity contribution is 5.92. The third-order valence-corrected chi connectivity index (χ3v) is 7.29. The highest BCUT2D eigenvalue weighted by Crippen LogP contribution is 2.47. The first kappa shape index (κ1) is 18.2. The molecule has 2 aliphatic carbocycles. The van der Waals surface area contributed by atoms with Gasteiger partial charge in [0.25, 0.3) is 0 Å². The number of fused-ring (bicyclic) bond motifs is 5. The molecule has 1 aliphatic heterocycles. The second kappa shape index (κ2) is 7.87. The average Bonchev–Trinajstić information content (AvgIpc) is 2.97. The van der Waals surface area contributed by atoms with Crippen LogP contribution in [0.25, 0.3) is 16.5 Å². The zero-order valence-corrected chi connectivity index (χ0v) is 16.8. The number of aryl methyl sites for hydroxylation is 1. The summed E-state index contributed by atoms with van der Waals surface area (Å²) < 4.78 is 2.69. The molecule has 0 radical (unpaired) electrons. The van der Waals surface area contributed by atoms with E-state index < -0.39 is 0 Å². The minimum atomic E-state index is 0.346. The first-order valence-corrected chi connectivity index (χ1v) is 11.3. The summed E-state index contributed by atoms with van der Waals surface area (Å²) in [4.78, 5) is 4.44. The minimum absolute atomic E-state index is 0.346. The SMILES string of the molecule is OCCCCCCC1CCC2C(C=CC3=CCCc4c3n2c2ccncc42)C1. The Labute approximate surface area is 168 Å². The summed E-state index contributed by atoms with van der Waals surface area (Å²) in [5.74, 6) is 1.51. The molecule has 2 aromatic rings. The number of unbranched alkanes of at least 4 members (excludes halogenated alkanes) is 3. The molecule has 0 saturated heterocycles. The van der Waals surface area contributed by atoms with E-state index in [4.69, 9.17) is 5.11 Å². The number of aliphatic hydroxyl groups excluding tert-OH is 1. The van der Waals surface area contributed by atoms with Crippen LogP contribution in [0, 0.1) is 11.8 Å². The van der Waals surface area contributed by atoms with Crippen LogP contribution in [0.4, 0.5) is 0 Å². The van der Waals surface area contributed by atoms with Crippen LogP contribution >= 0.6 is 0 Å². The van der Waals surface area contributed by atoms with E-state index in [9.17, 15) is 0 Å². The zero-order chi connectivity index (χ0) is 18.9. The molecular weight excluding hydrogens is 344 g/mol. The van der Waals surface area contributed by atoms with E-state index in [-0.39, 0.29) is 0 Å². The summed E-state index contributed by atoms with van der Waals surface area (Å²) >= 11 is 0. The van der Waals surface area contributed by atoms with Gasteiger partial charge >= 0.3 is 0 Å². The highest BCUT2D eigenvalue weighted by atomic mass is 16.2. The lowest BCUT2D eigenvalue weighted by molar-refractivity contribution is 0.210. The number of aromatic nitrogens is 2. The van der Waals surface area contributed by atoms with Crippen molar-refractivity contribution in [3.63, 3.8) is 0 Å². The Morgan fingerprint density at radius 1 is 1.14 bits per heavy atom. The molecule has 0 bridgehead atoms. The molecular formula is C25H32N2O. The van der Waals surface area contributed by atoms with Gasteiger partial charge in [-0.25, -0.2) is 0 Å². The van der Waals surface area contributed by atoms with Crippen LogP contribution < -0.4 is 0 Å². The maximum absolute atomic E-state index is 8.96. The van der Waals surface area contributed by atoms with Crippen molar-refractivity contribution in [1.82, 2.24) is 9.55 Å². The minimum Gasteiger partial charge on any atom is -0.396 e. The van der Waals surface area contributed by atoms with Crippen molar-refractivity contribution in [3.8, 4) is 0 Å². The van der Waals surface area contributed by atoms with Gasteiger partial charge < -0.3 is 9.67 Å². The molecule has 3 atom stereocenters. The average molecular weight is 377 g/mol. The summed E-state index contributed by atoms with van der Waals surface area (Å²) in [6.45, 7) is 0.346. The number of allylic oxidation sites excluding steroid dienone is 4. The number of rotatable bonds is 6. The van der Waals surface area contributed by atoms with Crippen molar-refractivity contribution in [2.24, 2.45) is 11.8 Å². The van der Waals surface area contributed by atoms with E-state index in [1.165, 1.54) is 72.7 Å². The predicted octanol–water partition coefficient (Wildman–Crippen LogP) is 5.84. The molecule has 1 N–H and O–H groups in total. The van der Waals surface area contributed by atoms with Gasteiger partial charge in [0.2, 0.25) is 0 Å². The fourth-order valence-electron chi connectivity index (χ4n) is 5.95. The van der Waals surface area contributed by atoms with Gasteiger partial charge in [-0.05, 0) is 67.6 Å². The standard InChI is InChI=1S/C25H32N2O/c28-15-4-2-1-3-6-18-9-12-23-20(16-18)11-10-19-7-5-8-21-22-17-26-14-13-24(22)27(23)25(19)21/h7,10-11,13-14,17-18,20,23,28H,1-6,8-9,12,15-16H2. The number of hydrogen-bond donors (Lipinski definition) is 1. The largest absolute Gasteiger partial charge is 0.396 e. The predicted molar refractivity (Wildman–Crippen MR) is 115 cm³/mol. The lowest BCUT2D eigenvalue weighted by Crippen LogP contribution is -2.26. The highest BCUT2D eigenvalue weighted by Gasteiger charge is 2.35. The molecule has 2 aromatic heterocycles. The molecule has 0 aromatic carbocycles. The van der Waals surface area contributed by atoms with Gasteiger partial charge in [-0.3, -0.25) is 4.98 Å². The van der Waals surface area contributed by atoms with Gasteiger partial charge in [-0.2, -0.15) is 0 Å². The number of pyridine rings is 1. The Hall–Kier alpha value is -1.87. The maximum Gasteiger partial charge on any atom is 0.0524 e. The van der Waals surface area contributed by atoms with E-state index in [0.29, 0.717) is 18.6 Å².